The Balaban J connectivity index is 1.81. The lowest BCUT2D eigenvalue weighted by molar-refractivity contribution is 0.102. The number of benzene rings is 2. The SMILES string of the molecule is O=C(Nc1cc(F)ccc1Cl)c1cc(-c2ccc(F)cc2)n[nH]1. The van der Waals surface area contributed by atoms with Crippen LogP contribution in [-0.4, -0.2) is 16.1 Å². The summed E-state index contributed by atoms with van der Waals surface area (Å²) < 4.78 is 26.1. The monoisotopic (exact) mass is 333 g/mol. The molecule has 3 aromatic rings. The van der Waals surface area contributed by atoms with Crippen molar-refractivity contribution in [1.82, 2.24) is 10.2 Å². The van der Waals surface area contributed by atoms with Gasteiger partial charge in [-0.25, -0.2) is 8.78 Å². The first-order valence-corrected chi connectivity index (χ1v) is 6.98. The zero-order chi connectivity index (χ0) is 16.4. The minimum atomic E-state index is -0.515. The highest BCUT2D eigenvalue weighted by Crippen LogP contribution is 2.23. The number of carbonyl (C=O) groups excluding carboxylic acids is 1. The Kier molecular flexibility index (Phi) is 4.08. The predicted octanol–water partition coefficient (Wildman–Crippen LogP) is 4.26. The third-order valence-corrected chi connectivity index (χ3v) is 3.47. The lowest BCUT2D eigenvalue weighted by Crippen LogP contribution is -2.12. The zero-order valence-electron chi connectivity index (χ0n) is 11.6. The lowest BCUT2D eigenvalue weighted by atomic mass is 10.1. The standard InChI is InChI=1S/C16H10ClF2N3O/c17-12-6-5-11(19)7-14(12)20-16(23)15-8-13(21-22-15)9-1-3-10(18)4-2-9/h1-8H,(H,20,23)(H,21,22). The second-order valence-electron chi connectivity index (χ2n) is 4.75. The summed E-state index contributed by atoms with van der Waals surface area (Å²) in [5, 5.41) is 9.30. The third kappa shape index (κ3) is 3.37. The van der Waals surface area contributed by atoms with Gasteiger partial charge in [0.1, 0.15) is 17.3 Å². The number of carbonyl (C=O) groups is 1. The number of amides is 1. The zero-order valence-corrected chi connectivity index (χ0v) is 12.4. The van der Waals surface area contributed by atoms with Crippen LogP contribution in [0.2, 0.25) is 5.02 Å². The molecule has 0 atom stereocenters. The molecule has 1 heterocycles. The number of hydrogen-bond acceptors (Lipinski definition) is 2. The van der Waals surface area contributed by atoms with E-state index in [1.807, 2.05) is 0 Å². The minimum Gasteiger partial charge on any atom is -0.319 e. The molecule has 0 radical (unpaired) electrons. The number of H-pyrrole nitrogens is 1. The van der Waals surface area contributed by atoms with Crippen molar-refractivity contribution in [2.45, 2.75) is 0 Å². The molecule has 0 fully saturated rings. The molecule has 3 rings (SSSR count). The predicted molar refractivity (Wildman–Crippen MR) is 83.3 cm³/mol. The number of rotatable bonds is 3. The van der Waals surface area contributed by atoms with Gasteiger partial charge in [0.25, 0.3) is 5.91 Å². The van der Waals surface area contributed by atoms with Crippen molar-refractivity contribution >= 4 is 23.2 Å². The van der Waals surface area contributed by atoms with E-state index in [0.29, 0.717) is 11.3 Å². The topological polar surface area (TPSA) is 57.8 Å². The van der Waals surface area contributed by atoms with Gasteiger partial charge in [0.05, 0.1) is 16.4 Å². The Bertz CT molecular complexity index is 862. The number of aromatic nitrogens is 2. The first-order valence-electron chi connectivity index (χ1n) is 6.61. The molecule has 1 amide bonds. The fourth-order valence-corrected chi connectivity index (χ4v) is 2.15. The Morgan fingerprint density at radius 2 is 1.74 bits per heavy atom. The fourth-order valence-electron chi connectivity index (χ4n) is 1.99. The van der Waals surface area contributed by atoms with Gasteiger partial charge < -0.3 is 5.32 Å². The van der Waals surface area contributed by atoms with Crippen LogP contribution in [0.15, 0.2) is 48.5 Å². The highest BCUT2D eigenvalue weighted by atomic mass is 35.5. The quantitative estimate of drug-likeness (QED) is 0.752. The van der Waals surface area contributed by atoms with E-state index in [1.165, 1.54) is 30.3 Å². The molecular weight excluding hydrogens is 324 g/mol. The Labute approximate surface area is 135 Å². The van der Waals surface area contributed by atoms with Gasteiger partial charge in [-0.1, -0.05) is 11.6 Å². The number of halogens is 3. The van der Waals surface area contributed by atoms with Crippen molar-refractivity contribution in [2.24, 2.45) is 0 Å². The van der Waals surface area contributed by atoms with Gasteiger partial charge in [0.2, 0.25) is 0 Å². The summed E-state index contributed by atoms with van der Waals surface area (Å²) in [6.45, 7) is 0. The molecule has 0 saturated heterocycles. The minimum absolute atomic E-state index is 0.162. The highest BCUT2D eigenvalue weighted by Gasteiger charge is 2.13. The van der Waals surface area contributed by atoms with E-state index in [1.54, 1.807) is 12.1 Å². The average molecular weight is 334 g/mol. The lowest BCUT2D eigenvalue weighted by Gasteiger charge is -2.05. The van der Waals surface area contributed by atoms with E-state index in [0.717, 1.165) is 6.07 Å². The largest absolute Gasteiger partial charge is 0.319 e. The normalized spacial score (nSPS) is 10.6. The van der Waals surface area contributed by atoms with Crippen LogP contribution in [0.25, 0.3) is 11.3 Å². The summed E-state index contributed by atoms with van der Waals surface area (Å²) in [4.78, 5) is 12.2. The van der Waals surface area contributed by atoms with Crippen molar-refractivity contribution in [3.8, 4) is 11.3 Å². The molecule has 1 aromatic heterocycles. The van der Waals surface area contributed by atoms with Gasteiger partial charge in [-0.2, -0.15) is 5.10 Å². The second kappa shape index (κ2) is 6.18. The van der Waals surface area contributed by atoms with Crippen LogP contribution in [0.5, 0.6) is 0 Å². The van der Waals surface area contributed by atoms with E-state index in [9.17, 15) is 13.6 Å². The van der Waals surface area contributed by atoms with Crippen molar-refractivity contribution in [3.63, 3.8) is 0 Å². The summed E-state index contributed by atoms with van der Waals surface area (Å²) in [7, 11) is 0. The van der Waals surface area contributed by atoms with E-state index >= 15 is 0 Å². The summed E-state index contributed by atoms with van der Waals surface area (Å²) in [6, 6.07) is 10.9. The van der Waals surface area contributed by atoms with Crippen LogP contribution < -0.4 is 5.32 Å². The van der Waals surface area contributed by atoms with Crippen LogP contribution >= 0.6 is 11.6 Å². The average Bonchev–Trinajstić information content (AvgIpc) is 3.02. The second-order valence-corrected chi connectivity index (χ2v) is 5.16. The molecule has 2 aromatic carbocycles. The molecule has 0 aliphatic rings. The summed E-state index contributed by atoms with van der Waals surface area (Å²) in [5.41, 5.74) is 1.48. The first kappa shape index (κ1) is 15.2. The molecule has 4 nitrogen and oxygen atoms in total. The number of anilines is 1. The van der Waals surface area contributed by atoms with Crippen molar-refractivity contribution in [1.29, 1.82) is 0 Å². The molecule has 0 aliphatic heterocycles. The maximum atomic E-state index is 13.2. The maximum Gasteiger partial charge on any atom is 0.273 e. The molecule has 0 aliphatic carbocycles. The molecule has 23 heavy (non-hydrogen) atoms. The summed E-state index contributed by atoms with van der Waals surface area (Å²) in [6.07, 6.45) is 0. The first-order chi connectivity index (χ1) is 11.0. The summed E-state index contributed by atoms with van der Waals surface area (Å²) >= 11 is 5.90. The van der Waals surface area contributed by atoms with Crippen molar-refractivity contribution in [2.75, 3.05) is 5.32 Å². The number of hydrogen-bond donors (Lipinski definition) is 2. The molecule has 0 bridgehead atoms. The Morgan fingerprint density at radius 3 is 2.48 bits per heavy atom. The smallest absolute Gasteiger partial charge is 0.273 e. The highest BCUT2D eigenvalue weighted by molar-refractivity contribution is 6.33. The van der Waals surface area contributed by atoms with E-state index in [-0.39, 0.29) is 22.2 Å². The third-order valence-electron chi connectivity index (χ3n) is 3.14. The molecule has 2 N–H and O–H groups in total. The molecule has 7 heteroatoms. The van der Waals surface area contributed by atoms with Gasteiger partial charge in [-0.15, -0.1) is 0 Å². The molecule has 116 valence electrons. The van der Waals surface area contributed by atoms with Crippen LogP contribution in [0.3, 0.4) is 0 Å². The maximum absolute atomic E-state index is 13.2. The Morgan fingerprint density at radius 1 is 1.04 bits per heavy atom. The van der Waals surface area contributed by atoms with Crippen LogP contribution in [0.4, 0.5) is 14.5 Å². The van der Waals surface area contributed by atoms with Crippen molar-refractivity contribution in [3.05, 3.63) is 70.9 Å². The van der Waals surface area contributed by atoms with Crippen molar-refractivity contribution < 1.29 is 13.6 Å². The number of aromatic amines is 1. The number of nitrogens with one attached hydrogen (secondary N) is 2. The van der Waals surface area contributed by atoms with E-state index in [2.05, 4.69) is 15.5 Å². The summed E-state index contributed by atoms with van der Waals surface area (Å²) in [5.74, 6) is -1.39. The van der Waals surface area contributed by atoms with Gasteiger partial charge >= 0.3 is 0 Å². The van der Waals surface area contributed by atoms with Gasteiger partial charge in [-0.05, 0) is 48.5 Å². The van der Waals surface area contributed by atoms with E-state index < -0.39 is 11.7 Å². The molecule has 0 spiro atoms. The van der Waals surface area contributed by atoms with Gasteiger partial charge in [0.15, 0.2) is 0 Å². The van der Waals surface area contributed by atoms with E-state index in [4.69, 9.17) is 11.6 Å². The van der Waals surface area contributed by atoms with Crippen LogP contribution in [0, 0.1) is 11.6 Å². The molecule has 0 unspecified atom stereocenters. The molecular formula is C16H10ClF2N3O. The van der Waals surface area contributed by atoms with Gasteiger partial charge in [-0.3, -0.25) is 9.89 Å². The van der Waals surface area contributed by atoms with Gasteiger partial charge in [0, 0.05) is 5.56 Å². The Hall–Kier alpha value is -2.73. The van der Waals surface area contributed by atoms with Crippen LogP contribution in [0.1, 0.15) is 10.5 Å². The fraction of sp³-hybridized carbons (Fsp3) is 0. The number of nitrogens with zero attached hydrogens (tertiary/aromatic N) is 1. The van der Waals surface area contributed by atoms with Crippen LogP contribution in [-0.2, 0) is 0 Å². The molecule has 0 saturated carbocycles.